The molecular formula is C14H22N2S. The number of benzene rings is 1. The standard InChI is InChI=1S/C14H22N2S/c1-17-14-10-11(6-8-13(14)15)5-7-12-4-2-3-9-16-12/h6,8,10,12,16H,2-5,7,9,15H2,1H3. The van der Waals surface area contributed by atoms with Gasteiger partial charge in [0, 0.05) is 16.6 Å². The number of anilines is 1. The Hall–Kier alpha value is -0.670. The molecule has 1 fully saturated rings. The Balaban J connectivity index is 1.89. The molecule has 0 amide bonds. The van der Waals surface area contributed by atoms with Crippen LogP contribution >= 0.6 is 11.8 Å². The third kappa shape index (κ3) is 3.65. The average Bonchev–Trinajstić information content (AvgIpc) is 2.39. The summed E-state index contributed by atoms with van der Waals surface area (Å²) in [5.41, 5.74) is 8.22. The Morgan fingerprint density at radius 1 is 1.41 bits per heavy atom. The summed E-state index contributed by atoms with van der Waals surface area (Å²) < 4.78 is 0. The molecule has 1 saturated heterocycles. The molecular weight excluding hydrogens is 228 g/mol. The second kappa shape index (κ2) is 6.31. The van der Waals surface area contributed by atoms with E-state index in [0.29, 0.717) is 0 Å². The fourth-order valence-electron chi connectivity index (χ4n) is 2.42. The SMILES string of the molecule is CSc1cc(CCC2CCCCN2)ccc1N. The first-order valence-electron chi connectivity index (χ1n) is 6.45. The molecule has 2 rings (SSSR count). The van der Waals surface area contributed by atoms with Crippen LogP contribution in [0.1, 0.15) is 31.2 Å². The number of aryl methyl sites for hydroxylation is 1. The molecule has 0 aliphatic carbocycles. The van der Waals surface area contributed by atoms with Crippen molar-refractivity contribution in [3.8, 4) is 0 Å². The Morgan fingerprint density at radius 3 is 3.00 bits per heavy atom. The first-order valence-corrected chi connectivity index (χ1v) is 7.68. The molecule has 1 aliphatic rings. The summed E-state index contributed by atoms with van der Waals surface area (Å²) in [6.07, 6.45) is 8.55. The second-order valence-corrected chi connectivity index (χ2v) is 5.61. The highest BCUT2D eigenvalue weighted by Gasteiger charge is 2.12. The van der Waals surface area contributed by atoms with Gasteiger partial charge < -0.3 is 11.1 Å². The van der Waals surface area contributed by atoms with Crippen molar-refractivity contribution in [1.29, 1.82) is 0 Å². The summed E-state index contributed by atoms with van der Waals surface area (Å²) in [7, 11) is 0. The monoisotopic (exact) mass is 250 g/mol. The van der Waals surface area contributed by atoms with Gasteiger partial charge in [-0.15, -0.1) is 11.8 Å². The zero-order valence-electron chi connectivity index (χ0n) is 10.5. The third-order valence-electron chi connectivity index (χ3n) is 3.49. The van der Waals surface area contributed by atoms with Crippen molar-refractivity contribution in [1.82, 2.24) is 5.32 Å². The van der Waals surface area contributed by atoms with E-state index in [9.17, 15) is 0 Å². The van der Waals surface area contributed by atoms with Gasteiger partial charge in [-0.05, 0) is 56.2 Å². The lowest BCUT2D eigenvalue weighted by Crippen LogP contribution is -2.34. The van der Waals surface area contributed by atoms with Crippen molar-refractivity contribution in [2.24, 2.45) is 0 Å². The van der Waals surface area contributed by atoms with Crippen LogP contribution in [-0.4, -0.2) is 18.8 Å². The predicted octanol–water partition coefficient (Wildman–Crippen LogP) is 3.07. The van der Waals surface area contributed by atoms with Gasteiger partial charge in [-0.25, -0.2) is 0 Å². The van der Waals surface area contributed by atoms with E-state index in [1.807, 2.05) is 6.07 Å². The van der Waals surface area contributed by atoms with Gasteiger partial charge in [0.05, 0.1) is 0 Å². The van der Waals surface area contributed by atoms with Gasteiger partial charge in [-0.1, -0.05) is 12.5 Å². The van der Waals surface area contributed by atoms with Gasteiger partial charge in [-0.3, -0.25) is 0 Å². The molecule has 94 valence electrons. The van der Waals surface area contributed by atoms with Gasteiger partial charge in [0.25, 0.3) is 0 Å². The van der Waals surface area contributed by atoms with E-state index in [-0.39, 0.29) is 0 Å². The van der Waals surface area contributed by atoms with Crippen LogP contribution in [0.5, 0.6) is 0 Å². The Bertz CT molecular complexity index is 359. The lowest BCUT2D eigenvalue weighted by atomic mass is 9.98. The number of hydrogen-bond acceptors (Lipinski definition) is 3. The van der Waals surface area contributed by atoms with E-state index < -0.39 is 0 Å². The van der Waals surface area contributed by atoms with E-state index in [2.05, 4.69) is 23.7 Å². The number of nitrogen functional groups attached to an aromatic ring is 1. The van der Waals surface area contributed by atoms with Crippen molar-refractivity contribution in [2.75, 3.05) is 18.5 Å². The van der Waals surface area contributed by atoms with Gasteiger partial charge in [0.1, 0.15) is 0 Å². The number of nitrogens with one attached hydrogen (secondary N) is 1. The highest BCUT2D eigenvalue weighted by Crippen LogP contribution is 2.24. The normalized spacial score (nSPS) is 20.4. The number of rotatable bonds is 4. The fraction of sp³-hybridized carbons (Fsp3) is 0.571. The second-order valence-electron chi connectivity index (χ2n) is 4.76. The molecule has 0 spiro atoms. The van der Waals surface area contributed by atoms with Crippen LogP contribution in [0.25, 0.3) is 0 Å². The van der Waals surface area contributed by atoms with Crippen LogP contribution < -0.4 is 11.1 Å². The number of thioether (sulfide) groups is 1. The first kappa shape index (κ1) is 12.8. The molecule has 17 heavy (non-hydrogen) atoms. The minimum Gasteiger partial charge on any atom is -0.398 e. The molecule has 1 atom stereocenters. The summed E-state index contributed by atoms with van der Waals surface area (Å²) in [5, 5.41) is 3.60. The fourth-order valence-corrected chi connectivity index (χ4v) is 3.00. The van der Waals surface area contributed by atoms with E-state index >= 15 is 0 Å². The van der Waals surface area contributed by atoms with Crippen molar-refractivity contribution in [2.45, 2.75) is 43.0 Å². The van der Waals surface area contributed by atoms with Crippen LogP contribution in [-0.2, 0) is 6.42 Å². The topological polar surface area (TPSA) is 38.0 Å². The van der Waals surface area contributed by atoms with Crippen LogP contribution in [0, 0.1) is 0 Å². The molecule has 1 heterocycles. The average molecular weight is 250 g/mol. The van der Waals surface area contributed by atoms with E-state index in [4.69, 9.17) is 5.73 Å². The molecule has 3 N–H and O–H groups in total. The molecule has 1 unspecified atom stereocenters. The van der Waals surface area contributed by atoms with Crippen molar-refractivity contribution < 1.29 is 0 Å². The van der Waals surface area contributed by atoms with Gasteiger partial charge in [0.15, 0.2) is 0 Å². The smallest absolute Gasteiger partial charge is 0.0452 e. The van der Waals surface area contributed by atoms with Gasteiger partial charge in [0.2, 0.25) is 0 Å². The van der Waals surface area contributed by atoms with Gasteiger partial charge in [-0.2, -0.15) is 0 Å². The minimum atomic E-state index is 0.721. The van der Waals surface area contributed by atoms with Crippen molar-refractivity contribution >= 4 is 17.4 Å². The minimum absolute atomic E-state index is 0.721. The lowest BCUT2D eigenvalue weighted by molar-refractivity contribution is 0.383. The third-order valence-corrected chi connectivity index (χ3v) is 4.29. The summed E-state index contributed by atoms with van der Waals surface area (Å²) in [6.45, 7) is 1.20. The summed E-state index contributed by atoms with van der Waals surface area (Å²) in [5.74, 6) is 0. The number of piperidine rings is 1. The lowest BCUT2D eigenvalue weighted by Gasteiger charge is -2.23. The molecule has 2 nitrogen and oxygen atoms in total. The Morgan fingerprint density at radius 2 is 2.29 bits per heavy atom. The largest absolute Gasteiger partial charge is 0.398 e. The molecule has 3 heteroatoms. The molecule has 0 radical (unpaired) electrons. The van der Waals surface area contributed by atoms with Crippen LogP contribution in [0.2, 0.25) is 0 Å². The molecule has 0 saturated carbocycles. The predicted molar refractivity (Wildman–Crippen MR) is 76.6 cm³/mol. The maximum absolute atomic E-state index is 5.91. The zero-order chi connectivity index (χ0) is 12.1. The summed E-state index contributed by atoms with van der Waals surface area (Å²) >= 11 is 1.73. The highest BCUT2D eigenvalue weighted by molar-refractivity contribution is 7.98. The van der Waals surface area contributed by atoms with Crippen molar-refractivity contribution in [3.63, 3.8) is 0 Å². The molecule has 1 aromatic carbocycles. The number of nitrogens with two attached hydrogens (primary N) is 1. The van der Waals surface area contributed by atoms with E-state index in [0.717, 1.165) is 18.2 Å². The van der Waals surface area contributed by atoms with E-state index in [1.165, 1.54) is 42.7 Å². The summed E-state index contributed by atoms with van der Waals surface area (Å²) in [4.78, 5) is 1.21. The van der Waals surface area contributed by atoms with E-state index in [1.54, 1.807) is 11.8 Å². The molecule has 1 aromatic rings. The van der Waals surface area contributed by atoms with Crippen LogP contribution in [0.15, 0.2) is 23.1 Å². The maximum Gasteiger partial charge on any atom is 0.0452 e. The first-order chi connectivity index (χ1) is 8.29. The maximum atomic E-state index is 5.91. The van der Waals surface area contributed by atoms with Gasteiger partial charge >= 0.3 is 0 Å². The number of hydrogen-bond donors (Lipinski definition) is 2. The Labute approximate surface area is 108 Å². The zero-order valence-corrected chi connectivity index (χ0v) is 11.4. The summed E-state index contributed by atoms with van der Waals surface area (Å²) in [6, 6.07) is 7.16. The molecule has 1 aliphatic heterocycles. The molecule has 0 bridgehead atoms. The van der Waals surface area contributed by atoms with Crippen molar-refractivity contribution in [3.05, 3.63) is 23.8 Å². The van der Waals surface area contributed by atoms with Crippen LogP contribution in [0.3, 0.4) is 0 Å². The Kier molecular flexibility index (Phi) is 4.75. The highest BCUT2D eigenvalue weighted by atomic mass is 32.2. The molecule has 0 aromatic heterocycles. The van der Waals surface area contributed by atoms with Crippen LogP contribution in [0.4, 0.5) is 5.69 Å². The quantitative estimate of drug-likeness (QED) is 0.637.